The normalized spacial score (nSPS) is 14.1. The number of amides is 2. The summed E-state index contributed by atoms with van der Waals surface area (Å²) >= 11 is 0. The molecule has 1 fully saturated rings. The number of nitrogens with zero attached hydrogens (tertiary/aromatic N) is 3. The highest BCUT2D eigenvalue weighted by Gasteiger charge is 2.26. The Morgan fingerprint density at radius 3 is 2.56 bits per heavy atom. The van der Waals surface area contributed by atoms with Crippen molar-refractivity contribution >= 4 is 30.8 Å². The fourth-order valence-electron chi connectivity index (χ4n) is 4.96. The Balaban J connectivity index is 1.45. The molecule has 1 aliphatic rings. The Morgan fingerprint density at radius 2 is 1.93 bits per heavy atom. The number of ether oxygens (including phenoxy) is 3. The number of urea groups is 1. The molecule has 0 spiro atoms. The Kier molecular flexibility index (Phi) is 9.53. The molecule has 2 aromatic heterocycles. The SMILES string of the molecule is Cc1cc(-c2cn(COCC[Si](C)(C)C)c3nccc(Oc4c(F)cc(NC(=O)N[C@H](C)C5COC5)cc4F)c23)ccc1C#N. The lowest BCUT2D eigenvalue weighted by Crippen LogP contribution is -2.47. The second kappa shape index (κ2) is 13.4. The van der Waals surface area contributed by atoms with Crippen molar-refractivity contribution in [1.29, 1.82) is 5.26 Å². The molecule has 1 aliphatic heterocycles. The zero-order valence-corrected chi connectivity index (χ0v) is 27.0. The summed E-state index contributed by atoms with van der Waals surface area (Å²) in [6, 6.07) is 11.4. The van der Waals surface area contributed by atoms with Crippen LogP contribution in [0.4, 0.5) is 19.3 Å². The molecule has 2 aromatic carbocycles. The van der Waals surface area contributed by atoms with Gasteiger partial charge in [-0.3, -0.25) is 0 Å². The van der Waals surface area contributed by atoms with Gasteiger partial charge in [-0.05, 0) is 43.2 Å². The van der Waals surface area contributed by atoms with Crippen LogP contribution in [0.5, 0.6) is 11.5 Å². The predicted molar refractivity (Wildman–Crippen MR) is 171 cm³/mol. The summed E-state index contributed by atoms with van der Waals surface area (Å²) in [4.78, 5) is 17.0. The first-order valence-corrected chi connectivity index (χ1v) is 18.5. The van der Waals surface area contributed by atoms with Crippen LogP contribution in [0.3, 0.4) is 0 Å². The second-order valence-corrected chi connectivity index (χ2v) is 18.2. The van der Waals surface area contributed by atoms with Gasteiger partial charge in [0.05, 0.1) is 30.2 Å². The smallest absolute Gasteiger partial charge is 0.319 e. The van der Waals surface area contributed by atoms with E-state index >= 15 is 8.78 Å². The summed E-state index contributed by atoms with van der Waals surface area (Å²) in [5, 5.41) is 15.2. The van der Waals surface area contributed by atoms with E-state index in [1.54, 1.807) is 12.1 Å². The molecule has 1 atom stereocenters. The predicted octanol–water partition coefficient (Wildman–Crippen LogP) is 7.42. The maximum atomic E-state index is 15.3. The fraction of sp³-hybridized carbons (Fsp3) is 0.364. The van der Waals surface area contributed by atoms with Crippen molar-refractivity contribution < 1.29 is 27.8 Å². The van der Waals surface area contributed by atoms with Gasteiger partial charge in [-0.1, -0.05) is 31.8 Å². The van der Waals surface area contributed by atoms with E-state index in [-0.39, 0.29) is 30.1 Å². The number of hydrogen-bond acceptors (Lipinski definition) is 6. The number of rotatable bonds is 11. The molecule has 1 saturated heterocycles. The lowest BCUT2D eigenvalue weighted by Gasteiger charge is -2.31. The lowest BCUT2D eigenvalue weighted by atomic mass is 10.0. The number of anilines is 1. The minimum atomic E-state index is -1.30. The number of halogens is 2. The highest BCUT2D eigenvalue weighted by atomic mass is 28.3. The Morgan fingerprint density at radius 1 is 1.20 bits per heavy atom. The Hall–Kier alpha value is -4.31. The van der Waals surface area contributed by atoms with Crippen molar-refractivity contribution in [1.82, 2.24) is 14.9 Å². The molecule has 45 heavy (non-hydrogen) atoms. The van der Waals surface area contributed by atoms with E-state index in [4.69, 9.17) is 14.2 Å². The van der Waals surface area contributed by atoms with Gasteiger partial charge in [-0.15, -0.1) is 0 Å². The quantitative estimate of drug-likeness (QED) is 0.131. The summed E-state index contributed by atoms with van der Waals surface area (Å²) in [5.74, 6) is -2.21. The summed E-state index contributed by atoms with van der Waals surface area (Å²) in [7, 11) is -1.30. The van der Waals surface area contributed by atoms with E-state index in [1.165, 1.54) is 6.20 Å². The van der Waals surface area contributed by atoms with E-state index in [0.717, 1.165) is 29.3 Å². The average molecular weight is 634 g/mol. The average Bonchev–Trinajstić information content (AvgIpc) is 3.31. The maximum absolute atomic E-state index is 15.3. The summed E-state index contributed by atoms with van der Waals surface area (Å²) < 4.78 is 49.6. The van der Waals surface area contributed by atoms with Gasteiger partial charge < -0.3 is 29.4 Å². The largest absolute Gasteiger partial charge is 0.450 e. The molecule has 2 amide bonds. The summed E-state index contributed by atoms with van der Waals surface area (Å²) in [5.41, 5.74) is 3.28. The number of aromatic nitrogens is 2. The van der Waals surface area contributed by atoms with Crippen molar-refractivity contribution in [3.05, 3.63) is 71.6 Å². The number of nitriles is 1. The molecule has 236 valence electrons. The van der Waals surface area contributed by atoms with Crippen LogP contribution in [0.15, 0.2) is 48.8 Å². The minimum Gasteiger partial charge on any atom is -0.450 e. The number of benzene rings is 2. The van der Waals surface area contributed by atoms with Crippen molar-refractivity contribution in [2.45, 2.75) is 52.3 Å². The van der Waals surface area contributed by atoms with Gasteiger partial charge in [0.25, 0.3) is 0 Å². The molecule has 4 aromatic rings. The van der Waals surface area contributed by atoms with E-state index in [1.807, 2.05) is 36.7 Å². The highest BCUT2D eigenvalue weighted by molar-refractivity contribution is 6.76. The third kappa shape index (κ3) is 7.50. The zero-order chi connectivity index (χ0) is 32.3. The van der Waals surface area contributed by atoms with Gasteiger partial charge in [0.1, 0.15) is 18.1 Å². The molecule has 3 heterocycles. The standard InChI is InChI=1S/C33H37F2N5O4Si/c1-20-12-22(6-7-23(20)15-36)26-16-40(19-42-10-11-45(3,4)5)32-30(26)29(8-9-37-32)44-31-27(34)13-25(14-28(31)35)39-33(41)38-21(2)24-17-43-18-24/h6-9,12-14,16,21,24H,10-11,17-19H2,1-5H3,(H2,38,39,41)/t21-/m1/s1. The van der Waals surface area contributed by atoms with Gasteiger partial charge in [-0.25, -0.2) is 18.6 Å². The van der Waals surface area contributed by atoms with Crippen molar-refractivity contribution in [3.63, 3.8) is 0 Å². The van der Waals surface area contributed by atoms with E-state index in [0.29, 0.717) is 42.0 Å². The molecule has 2 N–H and O–H groups in total. The Bertz CT molecular complexity index is 1740. The van der Waals surface area contributed by atoms with Crippen LogP contribution < -0.4 is 15.4 Å². The molecule has 0 aliphatic carbocycles. The van der Waals surface area contributed by atoms with Crippen LogP contribution in [0.25, 0.3) is 22.2 Å². The maximum Gasteiger partial charge on any atom is 0.319 e. The summed E-state index contributed by atoms with van der Waals surface area (Å²) in [6.07, 6.45) is 3.38. The minimum absolute atomic E-state index is 0.0536. The molecule has 12 heteroatoms. The second-order valence-electron chi connectivity index (χ2n) is 12.6. The van der Waals surface area contributed by atoms with Crippen LogP contribution in [-0.4, -0.2) is 49.5 Å². The third-order valence-corrected chi connectivity index (χ3v) is 9.51. The molecule has 0 radical (unpaired) electrons. The monoisotopic (exact) mass is 633 g/mol. The molecular weight excluding hydrogens is 596 g/mol. The number of nitrogens with one attached hydrogen (secondary N) is 2. The summed E-state index contributed by atoms with van der Waals surface area (Å²) in [6.45, 7) is 12.5. The topological polar surface area (TPSA) is 110 Å². The third-order valence-electron chi connectivity index (χ3n) is 7.80. The van der Waals surface area contributed by atoms with Gasteiger partial charge in [0.2, 0.25) is 0 Å². The zero-order valence-electron chi connectivity index (χ0n) is 26.0. The first-order chi connectivity index (χ1) is 21.4. The van der Waals surface area contributed by atoms with Crippen LogP contribution >= 0.6 is 0 Å². The Labute approximate surface area is 262 Å². The van der Waals surface area contributed by atoms with Crippen molar-refractivity contribution in [2.24, 2.45) is 5.92 Å². The van der Waals surface area contributed by atoms with Gasteiger partial charge >= 0.3 is 6.03 Å². The molecule has 0 bridgehead atoms. The molecule has 0 unspecified atom stereocenters. The van der Waals surface area contributed by atoms with Crippen molar-refractivity contribution in [3.8, 4) is 28.7 Å². The van der Waals surface area contributed by atoms with Crippen LogP contribution in [0.1, 0.15) is 18.1 Å². The number of carbonyl (C=O) groups excluding carboxylic acids is 1. The molecular formula is C33H37F2N5O4Si. The van der Waals surface area contributed by atoms with Crippen molar-refractivity contribution in [2.75, 3.05) is 25.1 Å². The fourth-order valence-corrected chi connectivity index (χ4v) is 5.72. The molecule has 9 nitrogen and oxygen atoms in total. The van der Waals surface area contributed by atoms with E-state index in [9.17, 15) is 10.1 Å². The van der Waals surface area contributed by atoms with Gasteiger partial charge in [-0.2, -0.15) is 5.26 Å². The van der Waals surface area contributed by atoms with Gasteiger partial charge in [0.15, 0.2) is 17.4 Å². The number of fused-ring (bicyclic) bond motifs is 1. The van der Waals surface area contributed by atoms with E-state index in [2.05, 4.69) is 41.3 Å². The molecule has 5 rings (SSSR count). The highest BCUT2D eigenvalue weighted by Crippen LogP contribution is 2.40. The lowest BCUT2D eigenvalue weighted by molar-refractivity contribution is -0.0444. The van der Waals surface area contributed by atoms with Crippen LogP contribution in [0, 0.1) is 35.8 Å². The number of carbonyl (C=O) groups is 1. The number of hydrogen-bond donors (Lipinski definition) is 2. The van der Waals surface area contributed by atoms with Gasteiger partial charge in [0, 0.05) is 62.4 Å². The first kappa shape index (κ1) is 32.1. The number of pyridine rings is 1. The van der Waals surface area contributed by atoms with Crippen LogP contribution in [0.2, 0.25) is 25.7 Å². The van der Waals surface area contributed by atoms with Crippen LogP contribution in [-0.2, 0) is 16.2 Å². The number of aryl methyl sites for hydroxylation is 1. The molecule has 0 saturated carbocycles. The van der Waals surface area contributed by atoms with E-state index < -0.39 is 31.5 Å². The first-order valence-electron chi connectivity index (χ1n) is 14.8.